The Kier molecular flexibility index (Phi) is 10.1. The van der Waals surface area contributed by atoms with Crippen molar-refractivity contribution in [2.75, 3.05) is 12.4 Å². The maximum Gasteiger partial charge on any atom is 0.364 e. The van der Waals surface area contributed by atoms with Crippen molar-refractivity contribution in [1.29, 1.82) is 0 Å². The molecule has 0 unspecified atom stereocenters. The normalized spacial score (nSPS) is 20.1. The summed E-state index contributed by atoms with van der Waals surface area (Å²) >= 11 is 6.58. The molecule has 1 amide bonds. The number of nitrogens with one attached hydrogen (secondary N) is 2. The summed E-state index contributed by atoms with van der Waals surface area (Å²) in [6.07, 6.45) is -2.87. The van der Waals surface area contributed by atoms with Crippen LogP contribution in [0, 0.1) is 6.92 Å². The molecule has 260 valence electrons. The molecule has 5 rings (SSSR count). The van der Waals surface area contributed by atoms with E-state index >= 15 is 0 Å². The minimum atomic E-state index is -1.56. The summed E-state index contributed by atoms with van der Waals surface area (Å²) in [4.78, 5) is 41.9. The van der Waals surface area contributed by atoms with Crippen LogP contribution in [0.4, 0.5) is 5.69 Å². The zero-order chi connectivity index (χ0) is 35.8. The number of carbonyl (C=O) groups excluding carboxylic acids is 2. The Morgan fingerprint density at radius 3 is 2.51 bits per heavy atom. The molecule has 1 aliphatic heterocycles. The lowest BCUT2D eigenvalue weighted by Crippen LogP contribution is -2.65. The number of rotatable bonds is 9. The first-order chi connectivity index (χ1) is 23.1. The van der Waals surface area contributed by atoms with Crippen LogP contribution in [0.1, 0.15) is 59.8 Å². The van der Waals surface area contributed by atoms with Crippen molar-refractivity contribution in [3.8, 4) is 17.2 Å². The van der Waals surface area contributed by atoms with E-state index in [-0.39, 0.29) is 38.7 Å². The Balaban J connectivity index is 1.40. The van der Waals surface area contributed by atoms with Crippen molar-refractivity contribution in [2.45, 2.75) is 71.2 Å². The van der Waals surface area contributed by atoms with Gasteiger partial charge in [-0.1, -0.05) is 23.3 Å². The highest BCUT2D eigenvalue weighted by molar-refractivity contribution is 6.36. The van der Waals surface area contributed by atoms with E-state index in [0.717, 1.165) is 11.3 Å². The summed E-state index contributed by atoms with van der Waals surface area (Å²) in [5.41, 5.74) is -0.464. The number of aliphatic hydroxyl groups is 1. The number of esters is 1. The highest BCUT2D eigenvalue weighted by Crippen LogP contribution is 2.41. The number of benzene rings is 2. The number of H-pyrrole nitrogens is 1. The molecule has 1 aliphatic rings. The topological polar surface area (TPSA) is 190 Å². The van der Waals surface area contributed by atoms with Gasteiger partial charge in [0.2, 0.25) is 6.29 Å². The molecule has 1 fully saturated rings. The number of amides is 1. The molecule has 2 aromatic carbocycles. The van der Waals surface area contributed by atoms with Crippen LogP contribution in [0.3, 0.4) is 0 Å². The van der Waals surface area contributed by atoms with Crippen molar-refractivity contribution in [1.82, 2.24) is 4.98 Å². The molecule has 2 aromatic heterocycles. The second kappa shape index (κ2) is 14.0. The van der Waals surface area contributed by atoms with Crippen molar-refractivity contribution in [3.63, 3.8) is 0 Å². The first kappa shape index (κ1) is 35.5. The van der Waals surface area contributed by atoms with Gasteiger partial charge in [-0.05, 0) is 89.1 Å². The summed E-state index contributed by atoms with van der Waals surface area (Å²) in [5.74, 6) is -2.16. The molecule has 0 saturated carbocycles. The van der Waals surface area contributed by atoms with E-state index in [1.54, 1.807) is 32.9 Å². The Labute approximate surface area is 286 Å². The molecule has 13 nitrogen and oxygen atoms in total. The van der Waals surface area contributed by atoms with Gasteiger partial charge in [-0.3, -0.25) is 4.79 Å². The lowest BCUT2D eigenvalue weighted by molar-refractivity contribution is -0.305. The van der Waals surface area contributed by atoms with E-state index in [9.17, 15) is 29.7 Å². The van der Waals surface area contributed by atoms with Crippen LogP contribution in [0.2, 0.25) is 5.02 Å². The van der Waals surface area contributed by atoms with Crippen LogP contribution < -0.4 is 15.7 Å². The molecule has 0 aliphatic carbocycles. The Hall–Kier alpha value is -4.82. The van der Waals surface area contributed by atoms with Gasteiger partial charge in [0.25, 0.3) is 5.91 Å². The van der Waals surface area contributed by atoms with Crippen LogP contribution in [0.5, 0.6) is 17.2 Å². The van der Waals surface area contributed by atoms with Crippen molar-refractivity contribution in [2.24, 2.45) is 0 Å². The van der Waals surface area contributed by atoms with E-state index in [1.165, 1.54) is 37.4 Å². The molecule has 4 atom stereocenters. The summed E-state index contributed by atoms with van der Waals surface area (Å²) in [6, 6.07) is 10.2. The van der Waals surface area contributed by atoms with E-state index < -0.39 is 59.1 Å². The smallest absolute Gasteiger partial charge is 0.364 e. The number of aromatic amines is 1. The van der Waals surface area contributed by atoms with Crippen LogP contribution >= 0.6 is 11.6 Å². The third-order valence-corrected chi connectivity index (χ3v) is 8.43. The number of methoxy groups -OCH3 is 1. The predicted octanol–water partition coefficient (Wildman–Crippen LogP) is 5.37. The van der Waals surface area contributed by atoms with Gasteiger partial charge in [0, 0.05) is 18.4 Å². The number of allylic oxidation sites excluding steroid dienone is 2. The molecule has 14 heteroatoms. The zero-order valence-corrected chi connectivity index (χ0v) is 28.4. The second-order valence-corrected chi connectivity index (χ2v) is 12.8. The maximum absolute atomic E-state index is 13.1. The number of aryl methyl sites for hydroxylation is 1. The van der Waals surface area contributed by atoms with E-state index in [0.29, 0.717) is 12.0 Å². The first-order valence-electron chi connectivity index (χ1n) is 15.3. The van der Waals surface area contributed by atoms with Gasteiger partial charge in [0.15, 0.2) is 29.2 Å². The summed E-state index contributed by atoms with van der Waals surface area (Å²) < 4.78 is 28.6. The number of aromatic nitrogens is 1. The van der Waals surface area contributed by atoms with Gasteiger partial charge in [0.05, 0.1) is 11.0 Å². The monoisotopic (exact) mass is 696 g/mol. The quantitative estimate of drug-likeness (QED) is 0.0859. The fourth-order valence-electron chi connectivity index (χ4n) is 5.53. The largest absolute Gasteiger partial charge is 0.508 e. The van der Waals surface area contributed by atoms with Gasteiger partial charge in [0.1, 0.15) is 28.3 Å². The molecule has 4 aromatic rings. The number of hydrogen-bond donors (Lipinski definition) is 5. The van der Waals surface area contributed by atoms with Gasteiger partial charge < -0.3 is 49.0 Å². The first-order valence-corrected chi connectivity index (χ1v) is 15.7. The molecule has 3 heterocycles. The minimum Gasteiger partial charge on any atom is -0.508 e. The SMILES string of the molecule is CO[C@@H]1[C@@H](OC(=O)c2ccc(C)[nH]2)[C@@H](O)[C@H](Oc2ccc3c(O)c(NC(=O)c4ccc(O)c(CC=C(C)C)c4)c(=O)oc3c2Cl)OC1(C)C. The van der Waals surface area contributed by atoms with E-state index in [1.807, 2.05) is 19.9 Å². The number of aromatic hydroxyl groups is 2. The van der Waals surface area contributed by atoms with Crippen LogP contribution in [0.15, 0.2) is 63.3 Å². The molecule has 5 N–H and O–H groups in total. The Bertz CT molecular complexity index is 1990. The van der Waals surface area contributed by atoms with Crippen LogP contribution in [-0.2, 0) is 20.6 Å². The standard InChI is InChI=1S/C35H37ClN2O11/c1-16(2)7-9-18-15-19(10-13-22(18)39)31(42)38-25-26(40)20-11-14-23(24(36)28(20)47-33(25)44)46-34-27(41)29(30(45-6)35(4,5)49-34)48-32(43)21-12-8-17(3)37-21/h7-8,10-15,27,29-30,34,37,39-41H,9H2,1-6H3,(H,38,42)/t27-,29+,30-,34-/m1/s1. The average molecular weight is 697 g/mol. The number of ether oxygens (including phenoxy) is 4. The molecule has 49 heavy (non-hydrogen) atoms. The number of carbonyl (C=O) groups is 2. The molecule has 0 bridgehead atoms. The van der Waals surface area contributed by atoms with Crippen molar-refractivity contribution >= 4 is 40.1 Å². The third-order valence-electron chi connectivity index (χ3n) is 8.07. The van der Waals surface area contributed by atoms with E-state index in [4.69, 9.17) is 35.0 Å². The highest BCUT2D eigenvalue weighted by Gasteiger charge is 2.53. The lowest BCUT2D eigenvalue weighted by Gasteiger charge is -2.47. The van der Waals surface area contributed by atoms with E-state index in [2.05, 4.69) is 10.3 Å². The Morgan fingerprint density at radius 1 is 1.12 bits per heavy atom. The number of phenolic OH excluding ortho intramolecular Hbond substituents is 1. The number of fused-ring (bicyclic) bond motifs is 1. The number of hydrogen-bond acceptors (Lipinski definition) is 11. The highest BCUT2D eigenvalue weighted by atomic mass is 35.5. The summed E-state index contributed by atoms with van der Waals surface area (Å²) in [7, 11) is 1.39. The van der Waals surface area contributed by atoms with Crippen LogP contribution in [0.25, 0.3) is 11.0 Å². The van der Waals surface area contributed by atoms with Crippen molar-refractivity contribution < 1.29 is 48.3 Å². The van der Waals surface area contributed by atoms with Gasteiger partial charge in [-0.25, -0.2) is 9.59 Å². The molecule has 1 saturated heterocycles. The molecular weight excluding hydrogens is 660 g/mol. The van der Waals surface area contributed by atoms with Gasteiger partial charge >= 0.3 is 11.6 Å². The fraction of sp³-hybridized carbons (Fsp3) is 0.343. The Morgan fingerprint density at radius 2 is 1.86 bits per heavy atom. The number of anilines is 1. The lowest BCUT2D eigenvalue weighted by atomic mass is 9.89. The summed E-state index contributed by atoms with van der Waals surface area (Å²) in [5, 5.41) is 34.6. The fourth-order valence-corrected chi connectivity index (χ4v) is 5.78. The number of phenols is 1. The number of halogens is 1. The molecular formula is C35H37ClN2O11. The summed E-state index contributed by atoms with van der Waals surface area (Å²) in [6.45, 7) is 8.92. The molecule has 0 spiro atoms. The zero-order valence-electron chi connectivity index (χ0n) is 27.6. The number of aliphatic hydroxyl groups excluding tert-OH is 1. The predicted molar refractivity (Wildman–Crippen MR) is 179 cm³/mol. The maximum atomic E-state index is 13.1. The van der Waals surface area contributed by atoms with Gasteiger partial charge in [-0.15, -0.1) is 0 Å². The minimum absolute atomic E-state index is 0.00573. The van der Waals surface area contributed by atoms with Gasteiger partial charge in [-0.2, -0.15) is 0 Å². The van der Waals surface area contributed by atoms with Crippen LogP contribution in [-0.4, -0.2) is 69.5 Å². The average Bonchev–Trinajstić information content (AvgIpc) is 3.48. The van der Waals surface area contributed by atoms with Crippen molar-refractivity contribution in [3.05, 3.63) is 92.1 Å². The second-order valence-electron chi connectivity index (χ2n) is 12.4. The third kappa shape index (κ3) is 7.30. The molecule has 0 radical (unpaired) electrons.